The molecular formula is C12H15ClN4O3. The van der Waals surface area contributed by atoms with Crippen LogP contribution in [0.2, 0.25) is 5.15 Å². The standard InChI is InChI=1S/C12H15ClN4O3/c1-3-20-6-10-15-8(13)5-9(16-10)14-7-4-11(18)17(2)12(7)19/h5,7H,3-4,6H2,1-2H3,(H,14,15,16). The number of nitrogens with zero attached hydrogens (tertiary/aromatic N) is 3. The van der Waals surface area contributed by atoms with E-state index in [-0.39, 0.29) is 30.0 Å². The first-order valence-electron chi connectivity index (χ1n) is 6.19. The molecule has 0 radical (unpaired) electrons. The molecule has 0 spiro atoms. The van der Waals surface area contributed by atoms with E-state index in [2.05, 4.69) is 15.3 Å². The van der Waals surface area contributed by atoms with Crippen molar-refractivity contribution in [1.29, 1.82) is 0 Å². The topological polar surface area (TPSA) is 84.4 Å². The van der Waals surface area contributed by atoms with Gasteiger partial charge in [0.15, 0.2) is 5.82 Å². The summed E-state index contributed by atoms with van der Waals surface area (Å²) in [5.74, 6) is 0.325. The SMILES string of the molecule is CCOCc1nc(Cl)cc(NC2CC(=O)N(C)C2=O)n1. The maximum atomic E-state index is 11.8. The number of nitrogens with one attached hydrogen (secondary N) is 1. The number of anilines is 1. The Labute approximate surface area is 121 Å². The van der Waals surface area contributed by atoms with Crippen LogP contribution in [0.5, 0.6) is 0 Å². The molecule has 20 heavy (non-hydrogen) atoms. The fraction of sp³-hybridized carbons (Fsp3) is 0.500. The van der Waals surface area contributed by atoms with Crippen LogP contribution < -0.4 is 5.32 Å². The second-order valence-corrected chi connectivity index (χ2v) is 4.71. The lowest BCUT2D eigenvalue weighted by atomic mass is 10.2. The maximum absolute atomic E-state index is 11.8. The first-order valence-corrected chi connectivity index (χ1v) is 6.57. The normalized spacial score (nSPS) is 18.8. The maximum Gasteiger partial charge on any atom is 0.251 e. The molecule has 1 aromatic rings. The van der Waals surface area contributed by atoms with Crippen LogP contribution in [0.4, 0.5) is 5.82 Å². The van der Waals surface area contributed by atoms with Crippen LogP contribution in [0.15, 0.2) is 6.07 Å². The Balaban J connectivity index is 2.11. The number of hydrogen-bond donors (Lipinski definition) is 1. The minimum Gasteiger partial charge on any atom is -0.374 e. The second-order valence-electron chi connectivity index (χ2n) is 4.32. The van der Waals surface area contributed by atoms with Crippen LogP contribution >= 0.6 is 11.6 Å². The Bertz CT molecular complexity index is 537. The first-order chi connectivity index (χ1) is 9.51. The highest BCUT2D eigenvalue weighted by Crippen LogP contribution is 2.18. The molecule has 0 aliphatic carbocycles. The molecule has 0 bridgehead atoms. The van der Waals surface area contributed by atoms with E-state index in [9.17, 15) is 9.59 Å². The molecule has 2 rings (SSSR count). The zero-order chi connectivity index (χ0) is 14.7. The van der Waals surface area contributed by atoms with Crippen molar-refractivity contribution in [2.45, 2.75) is 26.0 Å². The smallest absolute Gasteiger partial charge is 0.251 e. The highest BCUT2D eigenvalue weighted by atomic mass is 35.5. The number of carbonyl (C=O) groups excluding carboxylic acids is 2. The van der Waals surface area contributed by atoms with Gasteiger partial charge in [0.25, 0.3) is 5.91 Å². The van der Waals surface area contributed by atoms with Crippen molar-refractivity contribution in [1.82, 2.24) is 14.9 Å². The largest absolute Gasteiger partial charge is 0.374 e. The van der Waals surface area contributed by atoms with Crippen molar-refractivity contribution in [3.63, 3.8) is 0 Å². The van der Waals surface area contributed by atoms with Crippen molar-refractivity contribution >= 4 is 29.2 Å². The third-order valence-electron chi connectivity index (χ3n) is 2.88. The number of aromatic nitrogens is 2. The van der Waals surface area contributed by atoms with Crippen molar-refractivity contribution in [2.24, 2.45) is 0 Å². The summed E-state index contributed by atoms with van der Waals surface area (Å²) in [6.45, 7) is 2.64. The van der Waals surface area contributed by atoms with Crippen molar-refractivity contribution in [3.8, 4) is 0 Å². The predicted molar refractivity (Wildman–Crippen MR) is 72.2 cm³/mol. The average Bonchev–Trinajstić information content (AvgIpc) is 2.63. The molecule has 1 atom stereocenters. The Kier molecular flexibility index (Phi) is 4.51. The van der Waals surface area contributed by atoms with Gasteiger partial charge in [-0.2, -0.15) is 0 Å². The molecule has 1 aromatic heterocycles. The number of rotatable bonds is 5. The number of halogens is 1. The molecule has 0 saturated carbocycles. The molecule has 2 heterocycles. The summed E-state index contributed by atoms with van der Waals surface area (Å²) in [4.78, 5) is 32.6. The molecule has 108 valence electrons. The fourth-order valence-corrected chi connectivity index (χ4v) is 2.04. The molecule has 8 heteroatoms. The van der Waals surface area contributed by atoms with Crippen LogP contribution in [-0.2, 0) is 20.9 Å². The van der Waals surface area contributed by atoms with Crippen molar-refractivity contribution < 1.29 is 14.3 Å². The Morgan fingerprint density at radius 1 is 1.50 bits per heavy atom. The van der Waals surface area contributed by atoms with Gasteiger partial charge in [-0.3, -0.25) is 14.5 Å². The molecule has 1 fully saturated rings. The number of likely N-dealkylation sites (N-methyl/N-ethyl adjacent to an activating group) is 1. The molecule has 1 aliphatic rings. The lowest BCUT2D eigenvalue weighted by Crippen LogP contribution is -2.32. The van der Waals surface area contributed by atoms with Gasteiger partial charge in [-0.15, -0.1) is 0 Å². The van der Waals surface area contributed by atoms with Crippen LogP contribution in [0, 0.1) is 0 Å². The number of likely N-dealkylation sites (tertiary alicyclic amines) is 1. The van der Waals surface area contributed by atoms with Gasteiger partial charge in [-0.1, -0.05) is 11.6 Å². The van der Waals surface area contributed by atoms with Gasteiger partial charge in [-0.05, 0) is 6.92 Å². The van der Waals surface area contributed by atoms with Gasteiger partial charge in [-0.25, -0.2) is 9.97 Å². The van der Waals surface area contributed by atoms with Crippen molar-refractivity contribution in [2.75, 3.05) is 19.0 Å². The van der Waals surface area contributed by atoms with Crippen LogP contribution in [0.1, 0.15) is 19.2 Å². The monoisotopic (exact) mass is 298 g/mol. The Hall–Kier alpha value is -1.73. The van der Waals surface area contributed by atoms with E-state index < -0.39 is 6.04 Å². The molecule has 0 aromatic carbocycles. The van der Waals surface area contributed by atoms with E-state index in [0.717, 1.165) is 4.90 Å². The predicted octanol–water partition coefficient (Wildman–Crippen LogP) is 0.836. The molecule has 1 unspecified atom stereocenters. The van der Waals surface area contributed by atoms with Gasteiger partial charge in [0.05, 0.1) is 6.42 Å². The quantitative estimate of drug-likeness (QED) is 0.640. The van der Waals surface area contributed by atoms with Crippen LogP contribution in [-0.4, -0.2) is 46.4 Å². The first kappa shape index (κ1) is 14.7. The molecule has 1 saturated heterocycles. The lowest BCUT2D eigenvalue weighted by molar-refractivity contribution is -0.136. The number of hydrogen-bond acceptors (Lipinski definition) is 6. The molecular weight excluding hydrogens is 284 g/mol. The molecule has 1 aliphatic heterocycles. The number of carbonyl (C=O) groups is 2. The number of amides is 2. The van der Waals surface area contributed by atoms with Gasteiger partial charge in [0, 0.05) is 19.7 Å². The van der Waals surface area contributed by atoms with E-state index in [1.54, 1.807) is 0 Å². The summed E-state index contributed by atoms with van der Waals surface area (Å²) in [5, 5.41) is 3.16. The molecule has 2 amide bonds. The van der Waals surface area contributed by atoms with E-state index >= 15 is 0 Å². The van der Waals surface area contributed by atoms with Crippen LogP contribution in [0.25, 0.3) is 0 Å². The van der Waals surface area contributed by atoms with E-state index in [1.165, 1.54) is 13.1 Å². The second kappa shape index (κ2) is 6.15. The summed E-state index contributed by atoms with van der Waals surface area (Å²) in [5.41, 5.74) is 0. The third-order valence-corrected chi connectivity index (χ3v) is 3.07. The van der Waals surface area contributed by atoms with Gasteiger partial charge in [0.2, 0.25) is 5.91 Å². The average molecular weight is 299 g/mol. The summed E-state index contributed by atoms with van der Waals surface area (Å²) < 4.78 is 5.21. The van der Waals surface area contributed by atoms with Gasteiger partial charge >= 0.3 is 0 Å². The van der Waals surface area contributed by atoms with Gasteiger partial charge in [0.1, 0.15) is 23.6 Å². The molecule has 1 N–H and O–H groups in total. The van der Waals surface area contributed by atoms with E-state index in [0.29, 0.717) is 18.2 Å². The number of ether oxygens (including phenoxy) is 1. The fourth-order valence-electron chi connectivity index (χ4n) is 1.84. The summed E-state index contributed by atoms with van der Waals surface area (Å²) in [6, 6.07) is 0.894. The summed E-state index contributed by atoms with van der Waals surface area (Å²) in [6.07, 6.45) is 0.109. The minimum absolute atomic E-state index is 0.109. The summed E-state index contributed by atoms with van der Waals surface area (Å²) in [7, 11) is 1.46. The van der Waals surface area contributed by atoms with Gasteiger partial charge < -0.3 is 10.1 Å². The third kappa shape index (κ3) is 3.23. The van der Waals surface area contributed by atoms with E-state index in [1.807, 2.05) is 6.92 Å². The Morgan fingerprint density at radius 2 is 2.25 bits per heavy atom. The zero-order valence-electron chi connectivity index (χ0n) is 11.2. The van der Waals surface area contributed by atoms with Crippen LogP contribution in [0.3, 0.4) is 0 Å². The highest BCUT2D eigenvalue weighted by molar-refractivity contribution is 6.29. The zero-order valence-corrected chi connectivity index (χ0v) is 12.0. The highest BCUT2D eigenvalue weighted by Gasteiger charge is 2.36. The summed E-state index contributed by atoms with van der Waals surface area (Å²) >= 11 is 5.90. The number of imide groups is 1. The lowest BCUT2D eigenvalue weighted by Gasteiger charge is -2.12. The van der Waals surface area contributed by atoms with E-state index in [4.69, 9.17) is 16.3 Å². The van der Waals surface area contributed by atoms with Crippen molar-refractivity contribution in [3.05, 3.63) is 17.0 Å². The Morgan fingerprint density at radius 3 is 2.85 bits per heavy atom. The molecule has 7 nitrogen and oxygen atoms in total. The minimum atomic E-state index is -0.613.